The summed E-state index contributed by atoms with van der Waals surface area (Å²) in [6.45, 7) is 2.39. The molecular weight excluding hydrogens is 352 g/mol. The maximum absolute atomic E-state index is 12.7. The van der Waals surface area contributed by atoms with Gasteiger partial charge in [-0.05, 0) is 35.4 Å². The second-order valence-electron chi connectivity index (χ2n) is 6.82. The highest BCUT2D eigenvalue weighted by Gasteiger charge is 2.21. The fourth-order valence-electron chi connectivity index (χ4n) is 3.57. The van der Waals surface area contributed by atoms with Gasteiger partial charge in [-0.3, -0.25) is 4.79 Å². The predicted molar refractivity (Wildman–Crippen MR) is 107 cm³/mol. The van der Waals surface area contributed by atoms with E-state index in [0.717, 1.165) is 22.5 Å². The molecule has 0 aliphatic carbocycles. The average molecular weight is 372 g/mol. The van der Waals surface area contributed by atoms with E-state index < -0.39 is 0 Å². The number of amides is 1. The van der Waals surface area contributed by atoms with E-state index in [9.17, 15) is 4.79 Å². The molecule has 0 radical (unpaired) electrons. The number of hydrogen-bond acceptors (Lipinski definition) is 3. The number of nitrogens with zero attached hydrogens (tertiary/aromatic N) is 4. The van der Waals surface area contributed by atoms with Crippen LogP contribution in [0.5, 0.6) is 0 Å². The van der Waals surface area contributed by atoms with Crippen molar-refractivity contribution in [3.8, 4) is 16.9 Å². The molecule has 3 aromatic heterocycles. The van der Waals surface area contributed by atoms with Crippen LogP contribution >= 0.6 is 0 Å². The van der Waals surface area contributed by atoms with Crippen LogP contribution in [0.4, 0.5) is 0 Å². The summed E-state index contributed by atoms with van der Waals surface area (Å²) < 4.78 is 9.18. The Bertz CT molecular complexity index is 1120. The van der Waals surface area contributed by atoms with Gasteiger partial charge in [-0.1, -0.05) is 36.4 Å². The fourth-order valence-corrected chi connectivity index (χ4v) is 3.57. The van der Waals surface area contributed by atoms with E-state index in [1.165, 1.54) is 0 Å². The summed E-state index contributed by atoms with van der Waals surface area (Å²) in [5.41, 5.74) is 3.82. The lowest BCUT2D eigenvalue weighted by molar-refractivity contribution is 0.0298. The van der Waals surface area contributed by atoms with Gasteiger partial charge in [0, 0.05) is 31.0 Å². The van der Waals surface area contributed by atoms with E-state index in [0.29, 0.717) is 32.0 Å². The zero-order valence-corrected chi connectivity index (χ0v) is 15.4. The Morgan fingerprint density at radius 3 is 2.50 bits per heavy atom. The fraction of sp³-hybridized carbons (Fsp3) is 0.182. The van der Waals surface area contributed by atoms with Gasteiger partial charge in [0.2, 0.25) is 0 Å². The number of rotatable bonds is 3. The van der Waals surface area contributed by atoms with E-state index >= 15 is 0 Å². The lowest BCUT2D eigenvalue weighted by Gasteiger charge is -2.25. The Labute approximate surface area is 162 Å². The van der Waals surface area contributed by atoms with Crippen LogP contribution in [0, 0.1) is 0 Å². The van der Waals surface area contributed by atoms with E-state index in [1.54, 1.807) is 15.6 Å². The second kappa shape index (κ2) is 6.98. The standard InChI is InChI=1S/C22H20N4O2/c27-22(24-12-14-28-15-13-24)20-10-11-26(23-20)21-9-8-19-7-6-18(16-25(19)21)17-4-2-1-3-5-17/h1-11,16H,12-15H2. The maximum atomic E-state index is 12.7. The Balaban J connectivity index is 1.49. The van der Waals surface area contributed by atoms with Gasteiger partial charge in [-0.15, -0.1) is 0 Å². The summed E-state index contributed by atoms with van der Waals surface area (Å²) in [5, 5.41) is 4.54. The number of benzene rings is 1. The topological polar surface area (TPSA) is 51.8 Å². The average Bonchev–Trinajstić information content (AvgIpc) is 3.41. The Kier molecular flexibility index (Phi) is 4.18. The third-order valence-corrected chi connectivity index (χ3v) is 5.08. The number of fused-ring (bicyclic) bond motifs is 1. The summed E-state index contributed by atoms with van der Waals surface area (Å²) >= 11 is 0. The number of morpholine rings is 1. The van der Waals surface area contributed by atoms with Crippen LogP contribution in [0.15, 0.2) is 73.1 Å². The van der Waals surface area contributed by atoms with Crippen molar-refractivity contribution >= 4 is 11.4 Å². The van der Waals surface area contributed by atoms with Gasteiger partial charge in [0.1, 0.15) is 5.82 Å². The van der Waals surface area contributed by atoms with Crippen LogP contribution in [-0.2, 0) is 4.74 Å². The molecule has 0 bridgehead atoms. The number of hydrogen-bond donors (Lipinski definition) is 0. The number of pyridine rings is 1. The number of ether oxygens (including phenoxy) is 1. The molecule has 0 unspecified atom stereocenters. The molecule has 4 heterocycles. The molecule has 28 heavy (non-hydrogen) atoms. The molecule has 1 aromatic carbocycles. The summed E-state index contributed by atoms with van der Waals surface area (Å²) in [7, 11) is 0. The molecule has 0 saturated carbocycles. The van der Waals surface area contributed by atoms with Crippen molar-refractivity contribution in [2.45, 2.75) is 0 Å². The molecule has 1 aliphatic rings. The van der Waals surface area contributed by atoms with Crippen molar-refractivity contribution in [1.29, 1.82) is 0 Å². The summed E-state index contributed by atoms with van der Waals surface area (Å²) in [6, 6.07) is 20.3. The number of carbonyl (C=O) groups excluding carboxylic acids is 1. The summed E-state index contributed by atoms with van der Waals surface area (Å²) in [5.74, 6) is 0.849. The van der Waals surface area contributed by atoms with Gasteiger partial charge in [0.05, 0.1) is 13.2 Å². The smallest absolute Gasteiger partial charge is 0.274 e. The zero-order chi connectivity index (χ0) is 18.9. The van der Waals surface area contributed by atoms with E-state index in [-0.39, 0.29) is 5.91 Å². The highest BCUT2D eigenvalue weighted by atomic mass is 16.5. The molecule has 1 fully saturated rings. The normalized spacial score (nSPS) is 14.5. The van der Waals surface area contributed by atoms with Crippen molar-refractivity contribution in [2.75, 3.05) is 26.3 Å². The first-order valence-corrected chi connectivity index (χ1v) is 9.39. The zero-order valence-electron chi connectivity index (χ0n) is 15.4. The van der Waals surface area contributed by atoms with Gasteiger partial charge in [-0.25, -0.2) is 4.68 Å². The first-order chi connectivity index (χ1) is 13.8. The largest absolute Gasteiger partial charge is 0.378 e. The van der Waals surface area contributed by atoms with Gasteiger partial charge in [-0.2, -0.15) is 5.10 Å². The van der Waals surface area contributed by atoms with Crippen LogP contribution in [0.2, 0.25) is 0 Å². The molecule has 1 aliphatic heterocycles. The van der Waals surface area contributed by atoms with Crippen LogP contribution < -0.4 is 0 Å². The second-order valence-corrected chi connectivity index (χ2v) is 6.82. The minimum absolute atomic E-state index is 0.0483. The van der Waals surface area contributed by atoms with Crippen LogP contribution in [0.3, 0.4) is 0 Å². The highest BCUT2D eigenvalue weighted by molar-refractivity contribution is 5.92. The monoisotopic (exact) mass is 372 g/mol. The molecule has 0 N–H and O–H groups in total. The number of carbonyl (C=O) groups is 1. The van der Waals surface area contributed by atoms with Crippen molar-refractivity contribution in [2.24, 2.45) is 0 Å². The van der Waals surface area contributed by atoms with E-state index in [4.69, 9.17) is 4.74 Å². The van der Waals surface area contributed by atoms with Gasteiger partial charge < -0.3 is 14.0 Å². The summed E-state index contributed by atoms with van der Waals surface area (Å²) in [4.78, 5) is 14.5. The Morgan fingerprint density at radius 1 is 0.893 bits per heavy atom. The van der Waals surface area contributed by atoms with Crippen LogP contribution in [0.1, 0.15) is 10.5 Å². The van der Waals surface area contributed by atoms with Crippen LogP contribution in [0.25, 0.3) is 22.5 Å². The molecule has 5 rings (SSSR count). The van der Waals surface area contributed by atoms with Crippen molar-refractivity contribution in [3.05, 3.63) is 78.8 Å². The molecule has 1 saturated heterocycles. The minimum atomic E-state index is -0.0483. The molecule has 6 heteroatoms. The van der Waals surface area contributed by atoms with Crippen LogP contribution in [-0.4, -0.2) is 51.3 Å². The molecule has 140 valence electrons. The number of aromatic nitrogens is 3. The summed E-state index contributed by atoms with van der Waals surface area (Å²) in [6.07, 6.45) is 3.94. The Hall–Kier alpha value is -3.38. The van der Waals surface area contributed by atoms with Gasteiger partial charge >= 0.3 is 0 Å². The molecule has 4 aromatic rings. The maximum Gasteiger partial charge on any atom is 0.274 e. The van der Waals surface area contributed by atoms with Crippen molar-refractivity contribution < 1.29 is 9.53 Å². The molecule has 0 atom stereocenters. The van der Waals surface area contributed by atoms with E-state index in [2.05, 4.69) is 46.0 Å². The molecule has 0 spiro atoms. The Morgan fingerprint density at radius 2 is 1.68 bits per heavy atom. The van der Waals surface area contributed by atoms with Gasteiger partial charge in [0.15, 0.2) is 5.69 Å². The first-order valence-electron chi connectivity index (χ1n) is 9.39. The molecule has 1 amide bonds. The van der Waals surface area contributed by atoms with Crippen molar-refractivity contribution in [1.82, 2.24) is 19.1 Å². The SMILES string of the molecule is O=C(c1ccn(-c2ccc3ccc(-c4ccccc4)cn23)n1)N1CCOCC1. The van der Waals surface area contributed by atoms with Gasteiger partial charge in [0.25, 0.3) is 5.91 Å². The highest BCUT2D eigenvalue weighted by Crippen LogP contribution is 2.23. The third kappa shape index (κ3) is 2.97. The van der Waals surface area contributed by atoms with E-state index in [1.807, 2.05) is 30.5 Å². The molecular formula is C22H20N4O2. The third-order valence-electron chi connectivity index (χ3n) is 5.08. The quantitative estimate of drug-likeness (QED) is 0.555. The predicted octanol–water partition coefficient (Wildman–Crippen LogP) is 3.26. The molecule has 6 nitrogen and oxygen atoms in total. The lowest BCUT2D eigenvalue weighted by atomic mass is 10.1. The first kappa shape index (κ1) is 16.8. The van der Waals surface area contributed by atoms with Crippen molar-refractivity contribution in [3.63, 3.8) is 0 Å². The lowest BCUT2D eigenvalue weighted by Crippen LogP contribution is -2.40. The minimum Gasteiger partial charge on any atom is -0.378 e.